The molecule has 1 aromatic carbocycles. The number of hydrogen-bond donors (Lipinski definition) is 1. The fourth-order valence-electron chi connectivity index (χ4n) is 2.00. The van der Waals surface area contributed by atoms with Crippen LogP contribution in [0.1, 0.15) is 25.1 Å². The van der Waals surface area contributed by atoms with Crippen LogP contribution in [-0.4, -0.2) is 10.1 Å². The van der Waals surface area contributed by atoms with Crippen LogP contribution in [0.4, 0.5) is 4.39 Å². The first-order chi connectivity index (χ1) is 8.57. The summed E-state index contributed by atoms with van der Waals surface area (Å²) in [6.45, 7) is 0. The molecule has 2 aromatic rings. The Bertz CT molecular complexity index is 578. The Morgan fingerprint density at radius 2 is 2.05 bits per heavy atom. The lowest BCUT2D eigenvalue weighted by Gasteiger charge is -2.34. The van der Waals surface area contributed by atoms with Crippen LogP contribution < -0.4 is 5.73 Å². The molecule has 7 heteroatoms. The van der Waals surface area contributed by atoms with Gasteiger partial charge in [-0.15, -0.1) is 12.4 Å². The molecule has 1 aliphatic carbocycles. The highest BCUT2D eigenvalue weighted by atomic mass is 35.5. The van der Waals surface area contributed by atoms with Gasteiger partial charge in [-0.25, -0.2) is 4.39 Å². The van der Waals surface area contributed by atoms with Crippen LogP contribution in [0.3, 0.4) is 0 Å². The van der Waals surface area contributed by atoms with Gasteiger partial charge in [-0.3, -0.25) is 0 Å². The second-order valence-electron chi connectivity index (χ2n) is 4.59. The standard InChI is InChI=1S/C12H11ClFN3O.ClH/c13-8-4-7(5-9(14)6-8)10-16-11(17-18-10)12(15)2-1-3-12;/h4-6H,1-3,15H2;1H. The summed E-state index contributed by atoms with van der Waals surface area (Å²) in [5.74, 6) is 0.274. The fraction of sp³-hybridized carbons (Fsp3) is 0.333. The van der Waals surface area contributed by atoms with Gasteiger partial charge in [0.15, 0.2) is 5.82 Å². The molecule has 0 atom stereocenters. The Morgan fingerprint density at radius 1 is 1.32 bits per heavy atom. The molecule has 0 unspecified atom stereocenters. The third-order valence-corrected chi connectivity index (χ3v) is 3.44. The van der Waals surface area contributed by atoms with Crippen molar-refractivity contribution in [2.75, 3.05) is 0 Å². The van der Waals surface area contributed by atoms with Crippen molar-refractivity contribution in [1.29, 1.82) is 0 Å². The van der Waals surface area contributed by atoms with Crippen molar-refractivity contribution in [2.24, 2.45) is 5.73 Å². The highest BCUT2D eigenvalue weighted by molar-refractivity contribution is 6.30. The van der Waals surface area contributed by atoms with E-state index >= 15 is 0 Å². The summed E-state index contributed by atoms with van der Waals surface area (Å²) >= 11 is 5.78. The molecule has 1 saturated carbocycles. The maximum atomic E-state index is 13.2. The number of nitrogens with zero attached hydrogens (tertiary/aromatic N) is 2. The molecule has 0 amide bonds. The minimum absolute atomic E-state index is 0. The number of hydrogen-bond acceptors (Lipinski definition) is 4. The van der Waals surface area contributed by atoms with Gasteiger partial charge in [0.1, 0.15) is 5.82 Å². The molecule has 1 fully saturated rings. The summed E-state index contributed by atoms with van der Waals surface area (Å²) in [5, 5.41) is 4.16. The molecule has 102 valence electrons. The second kappa shape index (κ2) is 5.07. The molecule has 0 spiro atoms. The smallest absolute Gasteiger partial charge is 0.258 e. The zero-order chi connectivity index (χ0) is 12.8. The van der Waals surface area contributed by atoms with Gasteiger partial charge in [-0.1, -0.05) is 16.8 Å². The topological polar surface area (TPSA) is 64.9 Å². The van der Waals surface area contributed by atoms with Crippen molar-refractivity contribution in [3.63, 3.8) is 0 Å². The molecule has 2 N–H and O–H groups in total. The van der Waals surface area contributed by atoms with E-state index in [4.69, 9.17) is 21.9 Å². The molecule has 1 aromatic heterocycles. The van der Waals surface area contributed by atoms with E-state index in [0.717, 1.165) is 19.3 Å². The zero-order valence-corrected chi connectivity index (χ0v) is 11.5. The molecular formula is C12H12Cl2FN3O. The number of aromatic nitrogens is 2. The van der Waals surface area contributed by atoms with E-state index in [1.165, 1.54) is 12.1 Å². The van der Waals surface area contributed by atoms with Gasteiger partial charge in [-0.05, 0) is 37.5 Å². The molecule has 0 saturated heterocycles. The normalized spacial score (nSPS) is 16.6. The van der Waals surface area contributed by atoms with Crippen LogP contribution in [-0.2, 0) is 5.54 Å². The third-order valence-electron chi connectivity index (χ3n) is 3.23. The van der Waals surface area contributed by atoms with E-state index in [0.29, 0.717) is 11.4 Å². The van der Waals surface area contributed by atoms with Gasteiger partial charge < -0.3 is 10.3 Å². The van der Waals surface area contributed by atoms with Crippen molar-refractivity contribution in [3.05, 3.63) is 34.9 Å². The Kier molecular flexibility index (Phi) is 3.80. The molecule has 0 radical (unpaired) electrons. The van der Waals surface area contributed by atoms with Crippen LogP contribution in [0, 0.1) is 5.82 Å². The van der Waals surface area contributed by atoms with Crippen LogP contribution in [0.25, 0.3) is 11.5 Å². The Hall–Kier alpha value is -1.17. The number of halogens is 3. The summed E-state index contributed by atoms with van der Waals surface area (Å²) in [7, 11) is 0. The lowest BCUT2D eigenvalue weighted by Crippen LogP contribution is -2.44. The van der Waals surface area contributed by atoms with E-state index in [9.17, 15) is 4.39 Å². The number of nitrogens with two attached hydrogens (primary N) is 1. The average Bonchev–Trinajstić information content (AvgIpc) is 2.74. The van der Waals surface area contributed by atoms with Gasteiger partial charge in [-0.2, -0.15) is 4.98 Å². The Labute approximate surface area is 120 Å². The molecule has 0 bridgehead atoms. The van der Waals surface area contributed by atoms with E-state index in [1.54, 1.807) is 6.07 Å². The van der Waals surface area contributed by atoms with Gasteiger partial charge in [0.05, 0.1) is 5.54 Å². The summed E-state index contributed by atoms with van der Waals surface area (Å²) in [5.41, 5.74) is 6.06. The maximum absolute atomic E-state index is 13.2. The SMILES string of the molecule is Cl.NC1(c2noc(-c3cc(F)cc(Cl)c3)n2)CCC1. The molecule has 1 heterocycles. The maximum Gasteiger partial charge on any atom is 0.258 e. The van der Waals surface area contributed by atoms with Crippen molar-refractivity contribution < 1.29 is 8.91 Å². The lowest BCUT2D eigenvalue weighted by atomic mass is 9.77. The fourth-order valence-corrected chi connectivity index (χ4v) is 2.22. The molecule has 0 aliphatic heterocycles. The quantitative estimate of drug-likeness (QED) is 0.924. The van der Waals surface area contributed by atoms with Crippen LogP contribution >= 0.6 is 24.0 Å². The van der Waals surface area contributed by atoms with Crippen molar-refractivity contribution >= 4 is 24.0 Å². The molecular weight excluding hydrogens is 292 g/mol. The highest BCUT2D eigenvalue weighted by Crippen LogP contribution is 2.37. The highest BCUT2D eigenvalue weighted by Gasteiger charge is 2.39. The van der Waals surface area contributed by atoms with Crippen LogP contribution in [0.2, 0.25) is 5.02 Å². The Morgan fingerprint density at radius 3 is 2.63 bits per heavy atom. The van der Waals surface area contributed by atoms with E-state index < -0.39 is 11.4 Å². The number of benzene rings is 1. The minimum atomic E-state index is -0.487. The molecule has 3 rings (SSSR count). The monoisotopic (exact) mass is 303 g/mol. The molecule has 1 aliphatic rings. The van der Waals surface area contributed by atoms with E-state index in [-0.39, 0.29) is 23.3 Å². The largest absolute Gasteiger partial charge is 0.334 e. The summed E-state index contributed by atoms with van der Waals surface area (Å²) in [6, 6.07) is 4.09. The predicted molar refractivity (Wildman–Crippen MR) is 71.7 cm³/mol. The van der Waals surface area contributed by atoms with Crippen molar-refractivity contribution in [1.82, 2.24) is 10.1 Å². The van der Waals surface area contributed by atoms with Crippen molar-refractivity contribution in [3.8, 4) is 11.5 Å². The van der Waals surface area contributed by atoms with Crippen LogP contribution in [0.15, 0.2) is 22.7 Å². The van der Waals surface area contributed by atoms with E-state index in [2.05, 4.69) is 10.1 Å². The van der Waals surface area contributed by atoms with Gasteiger partial charge in [0.2, 0.25) is 0 Å². The first kappa shape index (κ1) is 14.2. The van der Waals surface area contributed by atoms with Gasteiger partial charge in [0.25, 0.3) is 5.89 Å². The third kappa shape index (κ3) is 2.59. The summed E-state index contributed by atoms with van der Waals surface area (Å²) in [4.78, 5) is 4.23. The van der Waals surface area contributed by atoms with Crippen molar-refractivity contribution in [2.45, 2.75) is 24.8 Å². The first-order valence-corrected chi connectivity index (χ1v) is 6.04. The summed E-state index contributed by atoms with van der Waals surface area (Å²) in [6.07, 6.45) is 2.75. The minimum Gasteiger partial charge on any atom is -0.334 e. The summed E-state index contributed by atoms with van der Waals surface area (Å²) < 4.78 is 18.3. The lowest BCUT2D eigenvalue weighted by molar-refractivity contribution is 0.229. The van der Waals surface area contributed by atoms with E-state index in [1.807, 2.05) is 0 Å². The average molecular weight is 304 g/mol. The molecule has 4 nitrogen and oxygen atoms in total. The van der Waals surface area contributed by atoms with Gasteiger partial charge >= 0.3 is 0 Å². The second-order valence-corrected chi connectivity index (χ2v) is 5.03. The Balaban J connectivity index is 0.00000133. The zero-order valence-electron chi connectivity index (χ0n) is 9.90. The van der Waals surface area contributed by atoms with Crippen LogP contribution in [0.5, 0.6) is 0 Å². The first-order valence-electron chi connectivity index (χ1n) is 5.66. The number of rotatable bonds is 2. The van der Waals surface area contributed by atoms with Gasteiger partial charge in [0, 0.05) is 10.6 Å². The predicted octanol–water partition coefficient (Wildman–Crippen LogP) is 3.29. The molecule has 19 heavy (non-hydrogen) atoms.